The number of ether oxygens (including phenoxy) is 2. The minimum Gasteiger partial charge on any atom is -0.444 e. The van der Waals surface area contributed by atoms with Crippen LogP contribution in [0.5, 0.6) is 0 Å². The van der Waals surface area contributed by atoms with Gasteiger partial charge in [-0.05, 0) is 49.7 Å². The normalized spacial score (nSPS) is 25.0. The Labute approximate surface area is 285 Å². The highest BCUT2D eigenvalue weighted by molar-refractivity contribution is 6.38. The largest absolute Gasteiger partial charge is 0.444 e. The second-order valence-corrected chi connectivity index (χ2v) is 14.8. The first-order chi connectivity index (χ1) is 22.8. The molecule has 48 heavy (non-hydrogen) atoms. The standard InChI is InChI=1S/C34H46ClN5O8/c1-5-8-24(27(41)30(43)36-22-12-13-22)37-29(42)26-17-34(16-25(39-48-34)20-9-6-10-21(35)15-20)19-40(26)31(44)28(33(2,3)4)38-32(45)47-23-11-7-14-46-18-23/h6,9-10,15,22-24,26,28H,5,7-8,11-14,16-19H2,1-4H3,(H,36,43)(H,37,42)(H,38,45)/t23?,24-,26-,28+,34+/m0/s1. The fourth-order valence-electron chi connectivity index (χ4n) is 6.34. The van der Waals surface area contributed by atoms with Crippen molar-refractivity contribution in [1.29, 1.82) is 0 Å². The number of oxime groups is 1. The summed E-state index contributed by atoms with van der Waals surface area (Å²) in [5.74, 6) is -2.57. The predicted molar refractivity (Wildman–Crippen MR) is 176 cm³/mol. The third-order valence-corrected chi connectivity index (χ3v) is 9.33. The fraction of sp³-hybridized carbons (Fsp3) is 0.647. The molecule has 1 unspecified atom stereocenters. The maximum atomic E-state index is 14.5. The number of Topliss-reactive ketones (excluding diaryl/α,β-unsaturated/α-hetero) is 1. The van der Waals surface area contributed by atoms with Gasteiger partial charge in [-0.1, -0.05) is 63.0 Å². The molecule has 3 heterocycles. The summed E-state index contributed by atoms with van der Waals surface area (Å²) in [6, 6.07) is 3.92. The lowest BCUT2D eigenvalue weighted by Gasteiger charge is -2.35. The third kappa shape index (κ3) is 8.65. The zero-order valence-electron chi connectivity index (χ0n) is 28.0. The molecule has 0 bridgehead atoms. The van der Waals surface area contributed by atoms with E-state index in [1.807, 2.05) is 13.0 Å². The zero-order chi connectivity index (χ0) is 34.6. The molecule has 1 saturated carbocycles. The molecule has 262 valence electrons. The molecular weight excluding hydrogens is 642 g/mol. The lowest BCUT2D eigenvalue weighted by atomic mass is 9.85. The number of ketones is 1. The monoisotopic (exact) mass is 687 g/mol. The highest BCUT2D eigenvalue weighted by Gasteiger charge is 2.56. The van der Waals surface area contributed by atoms with Gasteiger partial charge in [-0.3, -0.25) is 19.2 Å². The maximum Gasteiger partial charge on any atom is 0.408 e. The molecule has 5 rings (SSSR count). The van der Waals surface area contributed by atoms with Crippen molar-refractivity contribution in [3.63, 3.8) is 0 Å². The van der Waals surface area contributed by atoms with Crippen LogP contribution in [0.2, 0.25) is 5.02 Å². The summed E-state index contributed by atoms with van der Waals surface area (Å²) in [4.78, 5) is 74.8. The molecule has 3 N–H and O–H groups in total. The van der Waals surface area contributed by atoms with Crippen molar-refractivity contribution in [2.75, 3.05) is 19.8 Å². The molecule has 1 aliphatic carbocycles. The van der Waals surface area contributed by atoms with Gasteiger partial charge in [-0.25, -0.2) is 4.79 Å². The quantitative estimate of drug-likeness (QED) is 0.299. The molecule has 1 aromatic carbocycles. The molecule has 0 aromatic heterocycles. The van der Waals surface area contributed by atoms with Crippen molar-refractivity contribution in [3.05, 3.63) is 34.9 Å². The minimum absolute atomic E-state index is 0.00812. The predicted octanol–water partition coefficient (Wildman–Crippen LogP) is 3.26. The Hall–Kier alpha value is -3.71. The van der Waals surface area contributed by atoms with E-state index in [2.05, 4.69) is 21.1 Å². The van der Waals surface area contributed by atoms with Crippen LogP contribution in [0.15, 0.2) is 29.4 Å². The third-order valence-electron chi connectivity index (χ3n) is 9.10. The molecule has 3 aliphatic heterocycles. The van der Waals surface area contributed by atoms with Gasteiger partial charge in [0.15, 0.2) is 5.60 Å². The second kappa shape index (κ2) is 14.8. The van der Waals surface area contributed by atoms with Gasteiger partial charge in [0.25, 0.3) is 5.91 Å². The first kappa shape index (κ1) is 35.6. The number of carbonyl (C=O) groups is 5. The van der Waals surface area contributed by atoms with Crippen molar-refractivity contribution in [2.45, 2.75) is 115 Å². The Kier molecular flexibility index (Phi) is 11.0. The van der Waals surface area contributed by atoms with Crippen molar-refractivity contribution >= 4 is 46.9 Å². The molecule has 14 heteroatoms. The van der Waals surface area contributed by atoms with E-state index in [0.717, 1.165) is 24.8 Å². The number of halogens is 1. The lowest BCUT2D eigenvalue weighted by molar-refractivity contribution is -0.144. The van der Waals surface area contributed by atoms with Gasteiger partial charge >= 0.3 is 6.09 Å². The first-order valence-electron chi connectivity index (χ1n) is 16.8. The average Bonchev–Trinajstić information content (AvgIpc) is 3.63. The number of rotatable bonds is 11. The lowest BCUT2D eigenvalue weighted by Crippen LogP contribution is -2.59. The van der Waals surface area contributed by atoms with Gasteiger partial charge < -0.3 is 35.2 Å². The maximum absolute atomic E-state index is 14.5. The van der Waals surface area contributed by atoms with Crippen molar-refractivity contribution in [2.24, 2.45) is 10.6 Å². The molecule has 4 aliphatic rings. The SMILES string of the molecule is CCC[C@H](NC(=O)[C@@H]1C[C@]2(CC(c3cccc(Cl)c3)=NO2)CN1C(=O)[C@@H](NC(=O)OC1CCCOC1)C(C)(C)C)C(=O)C(=O)NC1CC1. The number of hydrogen-bond acceptors (Lipinski definition) is 9. The van der Waals surface area contributed by atoms with E-state index >= 15 is 0 Å². The summed E-state index contributed by atoms with van der Waals surface area (Å²) in [6.07, 6.45) is 3.00. The number of likely N-dealkylation sites (tertiary alicyclic amines) is 1. The summed E-state index contributed by atoms with van der Waals surface area (Å²) < 4.78 is 11.0. The Balaban J connectivity index is 1.38. The Morgan fingerprint density at radius 3 is 2.56 bits per heavy atom. The Bertz CT molecular complexity index is 1440. The van der Waals surface area contributed by atoms with Crippen LogP contribution in [-0.4, -0.2) is 95.8 Å². The number of amides is 4. The van der Waals surface area contributed by atoms with Crippen molar-refractivity contribution in [3.8, 4) is 0 Å². The highest BCUT2D eigenvalue weighted by atomic mass is 35.5. The molecule has 13 nitrogen and oxygen atoms in total. The topological polar surface area (TPSA) is 165 Å². The van der Waals surface area contributed by atoms with Crippen molar-refractivity contribution < 1.29 is 38.3 Å². The van der Waals surface area contributed by atoms with Crippen LogP contribution in [0.4, 0.5) is 4.79 Å². The minimum atomic E-state index is -1.08. The fourth-order valence-corrected chi connectivity index (χ4v) is 6.53. The van der Waals surface area contributed by atoms with E-state index in [4.69, 9.17) is 25.9 Å². The molecule has 0 radical (unpaired) electrons. The van der Waals surface area contributed by atoms with Gasteiger partial charge in [0.1, 0.15) is 18.2 Å². The van der Waals surface area contributed by atoms with E-state index in [0.29, 0.717) is 36.6 Å². The van der Waals surface area contributed by atoms with Gasteiger partial charge in [0.2, 0.25) is 17.6 Å². The summed E-state index contributed by atoms with van der Waals surface area (Å²) in [7, 11) is 0. The first-order valence-corrected chi connectivity index (χ1v) is 17.2. The van der Waals surface area contributed by atoms with Crippen LogP contribution in [0.3, 0.4) is 0 Å². The van der Waals surface area contributed by atoms with E-state index in [9.17, 15) is 24.0 Å². The van der Waals surface area contributed by atoms with Crippen LogP contribution in [-0.2, 0) is 33.5 Å². The molecule has 2 saturated heterocycles. The van der Waals surface area contributed by atoms with Gasteiger partial charge in [0.05, 0.1) is 24.9 Å². The summed E-state index contributed by atoms with van der Waals surface area (Å²) in [5, 5.41) is 13.1. The zero-order valence-corrected chi connectivity index (χ0v) is 28.8. The van der Waals surface area contributed by atoms with E-state index < -0.39 is 64.8 Å². The number of nitrogens with one attached hydrogen (secondary N) is 3. The van der Waals surface area contributed by atoms with E-state index in [1.54, 1.807) is 39.0 Å². The average molecular weight is 688 g/mol. The second-order valence-electron chi connectivity index (χ2n) is 14.3. The molecular formula is C34H46ClN5O8. The molecule has 4 amide bonds. The van der Waals surface area contributed by atoms with Gasteiger partial charge in [-0.15, -0.1) is 0 Å². The Morgan fingerprint density at radius 1 is 1.15 bits per heavy atom. The highest BCUT2D eigenvalue weighted by Crippen LogP contribution is 2.40. The molecule has 1 aromatic rings. The summed E-state index contributed by atoms with van der Waals surface area (Å²) in [6.45, 7) is 8.15. The number of benzene rings is 1. The number of carbonyl (C=O) groups excluding carboxylic acids is 5. The van der Waals surface area contributed by atoms with Crippen LogP contribution in [0, 0.1) is 5.41 Å². The Morgan fingerprint density at radius 2 is 1.92 bits per heavy atom. The number of alkyl carbamates (subject to hydrolysis) is 1. The number of nitrogens with zero attached hydrogens (tertiary/aromatic N) is 2. The summed E-state index contributed by atoms with van der Waals surface area (Å²) in [5.41, 5.74) is -0.461. The van der Waals surface area contributed by atoms with Crippen molar-refractivity contribution in [1.82, 2.24) is 20.9 Å². The van der Waals surface area contributed by atoms with Gasteiger partial charge in [-0.2, -0.15) is 0 Å². The molecule has 3 fully saturated rings. The smallest absolute Gasteiger partial charge is 0.408 e. The van der Waals surface area contributed by atoms with Crippen LogP contribution >= 0.6 is 11.6 Å². The van der Waals surface area contributed by atoms with Crippen LogP contribution < -0.4 is 16.0 Å². The van der Waals surface area contributed by atoms with Crippen LogP contribution in [0.25, 0.3) is 0 Å². The van der Waals surface area contributed by atoms with E-state index in [1.165, 1.54) is 4.90 Å². The molecule has 5 atom stereocenters. The summed E-state index contributed by atoms with van der Waals surface area (Å²) >= 11 is 6.23. The molecule has 1 spiro atoms. The van der Waals surface area contributed by atoms with Gasteiger partial charge in [0, 0.05) is 36.1 Å². The van der Waals surface area contributed by atoms with Crippen LogP contribution in [0.1, 0.15) is 84.6 Å². The van der Waals surface area contributed by atoms with E-state index in [-0.39, 0.29) is 32.0 Å². The number of hydrogen-bond donors (Lipinski definition) is 3.